The monoisotopic (exact) mass is 235 g/mol. The Labute approximate surface area is 107 Å². The van der Waals surface area contributed by atoms with Crippen molar-refractivity contribution in [1.29, 1.82) is 0 Å². The van der Waals surface area contributed by atoms with E-state index in [-0.39, 0.29) is 0 Å². The Morgan fingerprint density at radius 2 is 1.61 bits per heavy atom. The summed E-state index contributed by atoms with van der Waals surface area (Å²) in [5, 5.41) is 1.29. The molecule has 0 radical (unpaired) electrons. The molecular weight excluding hydrogens is 218 g/mol. The van der Waals surface area contributed by atoms with E-state index in [0.29, 0.717) is 0 Å². The average Bonchev–Trinajstić information content (AvgIpc) is 2.79. The molecule has 0 atom stereocenters. The minimum absolute atomic E-state index is 1.21. The van der Waals surface area contributed by atoms with Crippen molar-refractivity contribution in [2.24, 2.45) is 0 Å². The van der Waals surface area contributed by atoms with E-state index in [0.717, 1.165) is 0 Å². The summed E-state index contributed by atoms with van der Waals surface area (Å²) in [4.78, 5) is 3.56. The number of aromatic amines is 1. The van der Waals surface area contributed by atoms with Gasteiger partial charge in [-0.15, -0.1) is 0 Å². The predicted molar refractivity (Wildman–Crippen MR) is 77.9 cm³/mol. The second kappa shape index (κ2) is 4.02. The lowest BCUT2D eigenvalue weighted by Crippen LogP contribution is -1.83. The topological polar surface area (TPSA) is 15.8 Å². The van der Waals surface area contributed by atoms with Crippen LogP contribution in [-0.4, -0.2) is 4.98 Å². The van der Waals surface area contributed by atoms with Gasteiger partial charge in [0.2, 0.25) is 0 Å². The van der Waals surface area contributed by atoms with Gasteiger partial charge in [0, 0.05) is 22.2 Å². The van der Waals surface area contributed by atoms with Gasteiger partial charge < -0.3 is 4.98 Å². The van der Waals surface area contributed by atoms with Gasteiger partial charge in [-0.25, -0.2) is 0 Å². The minimum Gasteiger partial charge on any atom is -0.354 e. The van der Waals surface area contributed by atoms with Crippen LogP contribution in [0.4, 0.5) is 0 Å². The quantitative estimate of drug-likeness (QED) is 0.626. The second-order valence-corrected chi connectivity index (χ2v) is 4.97. The van der Waals surface area contributed by atoms with E-state index in [1.54, 1.807) is 0 Å². The van der Waals surface area contributed by atoms with E-state index in [4.69, 9.17) is 0 Å². The molecule has 1 heteroatoms. The van der Waals surface area contributed by atoms with E-state index >= 15 is 0 Å². The fraction of sp³-hybridized carbons (Fsp3) is 0.176. The third-order valence-electron chi connectivity index (χ3n) is 3.76. The van der Waals surface area contributed by atoms with Crippen molar-refractivity contribution >= 4 is 10.9 Å². The van der Waals surface area contributed by atoms with Crippen molar-refractivity contribution < 1.29 is 0 Å². The number of hydrogen-bond acceptors (Lipinski definition) is 0. The number of rotatable bonds is 1. The Morgan fingerprint density at radius 3 is 2.39 bits per heavy atom. The predicted octanol–water partition coefficient (Wildman–Crippen LogP) is 4.76. The zero-order valence-electron chi connectivity index (χ0n) is 11.0. The molecule has 0 saturated heterocycles. The highest BCUT2D eigenvalue weighted by atomic mass is 14.7. The Kier molecular flexibility index (Phi) is 2.48. The van der Waals surface area contributed by atoms with E-state index < -0.39 is 0 Å². The van der Waals surface area contributed by atoms with Crippen LogP contribution in [0.3, 0.4) is 0 Å². The van der Waals surface area contributed by atoms with Gasteiger partial charge in [-0.2, -0.15) is 0 Å². The van der Waals surface area contributed by atoms with Crippen molar-refractivity contribution in [3.63, 3.8) is 0 Å². The van der Waals surface area contributed by atoms with Gasteiger partial charge in [-0.3, -0.25) is 0 Å². The number of fused-ring (bicyclic) bond motifs is 1. The fourth-order valence-electron chi connectivity index (χ4n) is 2.47. The molecule has 0 unspecified atom stereocenters. The van der Waals surface area contributed by atoms with Gasteiger partial charge in [0.05, 0.1) is 0 Å². The molecule has 1 nitrogen and oxygen atoms in total. The maximum Gasteiger partial charge on any atom is 0.0491 e. The molecule has 0 amide bonds. The van der Waals surface area contributed by atoms with Crippen LogP contribution in [-0.2, 0) is 0 Å². The summed E-state index contributed by atoms with van der Waals surface area (Å²) in [5.74, 6) is 0. The van der Waals surface area contributed by atoms with Crippen LogP contribution in [0.25, 0.3) is 22.2 Å². The number of benzene rings is 2. The highest BCUT2D eigenvalue weighted by Gasteiger charge is 2.07. The standard InChI is InChI=1S/C17H17N/c1-11-8-9-14-10-16(18-17(14)13(11)3)15-7-5-4-6-12(15)2/h4-10,18H,1-3H3. The number of H-pyrrole nitrogens is 1. The van der Waals surface area contributed by atoms with Crippen molar-refractivity contribution in [1.82, 2.24) is 4.98 Å². The molecule has 0 aliphatic heterocycles. The lowest BCUT2D eigenvalue weighted by atomic mass is 10.1. The zero-order chi connectivity index (χ0) is 12.7. The molecule has 90 valence electrons. The van der Waals surface area contributed by atoms with Gasteiger partial charge in [-0.1, -0.05) is 36.4 Å². The van der Waals surface area contributed by atoms with Crippen molar-refractivity contribution in [3.05, 3.63) is 59.2 Å². The molecule has 0 fully saturated rings. The minimum atomic E-state index is 1.21. The van der Waals surface area contributed by atoms with E-state index in [9.17, 15) is 0 Å². The Bertz CT molecular complexity index is 720. The molecule has 0 bridgehead atoms. The number of aryl methyl sites for hydroxylation is 3. The first kappa shape index (κ1) is 11.1. The summed E-state index contributed by atoms with van der Waals surface area (Å²) in [5.41, 5.74) is 7.72. The van der Waals surface area contributed by atoms with Gasteiger partial charge >= 0.3 is 0 Å². The summed E-state index contributed by atoms with van der Waals surface area (Å²) in [6.45, 7) is 6.48. The molecule has 3 rings (SSSR count). The smallest absolute Gasteiger partial charge is 0.0491 e. The second-order valence-electron chi connectivity index (χ2n) is 4.97. The summed E-state index contributed by atoms with van der Waals surface area (Å²) in [6.07, 6.45) is 0. The molecule has 1 N–H and O–H groups in total. The third-order valence-corrected chi connectivity index (χ3v) is 3.76. The molecule has 1 aromatic heterocycles. The van der Waals surface area contributed by atoms with Crippen LogP contribution < -0.4 is 0 Å². The maximum absolute atomic E-state index is 3.56. The molecule has 18 heavy (non-hydrogen) atoms. The van der Waals surface area contributed by atoms with Crippen molar-refractivity contribution in [3.8, 4) is 11.3 Å². The Morgan fingerprint density at radius 1 is 0.833 bits per heavy atom. The van der Waals surface area contributed by atoms with E-state index in [1.165, 1.54) is 38.9 Å². The first-order valence-electron chi connectivity index (χ1n) is 6.32. The highest BCUT2D eigenvalue weighted by Crippen LogP contribution is 2.29. The zero-order valence-corrected chi connectivity index (χ0v) is 11.0. The van der Waals surface area contributed by atoms with E-state index in [1.807, 2.05) is 0 Å². The lowest BCUT2D eigenvalue weighted by Gasteiger charge is -2.02. The molecule has 3 aromatic rings. The number of nitrogens with one attached hydrogen (secondary N) is 1. The maximum atomic E-state index is 3.56. The summed E-state index contributed by atoms with van der Waals surface area (Å²) < 4.78 is 0. The summed E-state index contributed by atoms with van der Waals surface area (Å²) in [7, 11) is 0. The highest BCUT2D eigenvalue weighted by molar-refractivity contribution is 5.89. The number of aromatic nitrogens is 1. The van der Waals surface area contributed by atoms with Crippen molar-refractivity contribution in [2.45, 2.75) is 20.8 Å². The average molecular weight is 235 g/mol. The van der Waals surface area contributed by atoms with Gasteiger partial charge in [0.25, 0.3) is 0 Å². The Balaban J connectivity index is 2.26. The first-order chi connectivity index (χ1) is 8.66. The SMILES string of the molecule is Cc1ccccc1-c1cc2ccc(C)c(C)c2[nH]1. The molecule has 0 spiro atoms. The van der Waals surface area contributed by atoms with Gasteiger partial charge in [0.15, 0.2) is 0 Å². The molecule has 0 aliphatic rings. The largest absolute Gasteiger partial charge is 0.354 e. The molecular formula is C17H17N. The van der Waals surface area contributed by atoms with Crippen LogP contribution in [0.15, 0.2) is 42.5 Å². The van der Waals surface area contributed by atoms with Crippen molar-refractivity contribution in [2.75, 3.05) is 0 Å². The fourth-order valence-corrected chi connectivity index (χ4v) is 2.47. The molecule has 1 heterocycles. The molecule has 0 aliphatic carbocycles. The van der Waals surface area contributed by atoms with Crippen LogP contribution in [0, 0.1) is 20.8 Å². The molecule has 0 saturated carbocycles. The lowest BCUT2D eigenvalue weighted by molar-refractivity contribution is 1.33. The normalized spacial score (nSPS) is 11.1. The van der Waals surface area contributed by atoms with Crippen LogP contribution in [0.5, 0.6) is 0 Å². The van der Waals surface area contributed by atoms with Crippen LogP contribution in [0.2, 0.25) is 0 Å². The Hall–Kier alpha value is -2.02. The molecule has 2 aromatic carbocycles. The first-order valence-corrected chi connectivity index (χ1v) is 6.32. The van der Waals surface area contributed by atoms with Gasteiger partial charge in [-0.05, 0) is 43.5 Å². The number of hydrogen-bond donors (Lipinski definition) is 1. The summed E-state index contributed by atoms with van der Waals surface area (Å²) in [6, 6.07) is 15.1. The van der Waals surface area contributed by atoms with E-state index in [2.05, 4.69) is 68.2 Å². The summed E-state index contributed by atoms with van der Waals surface area (Å²) >= 11 is 0. The third kappa shape index (κ3) is 1.63. The van der Waals surface area contributed by atoms with Crippen LogP contribution >= 0.6 is 0 Å². The van der Waals surface area contributed by atoms with Gasteiger partial charge in [0.1, 0.15) is 0 Å². The van der Waals surface area contributed by atoms with Crippen LogP contribution in [0.1, 0.15) is 16.7 Å².